The van der Waals surface area contributed by atoms with Crippen LogP contribution in [-0.2, 0) is 4.79 Å². The smallest absolute Gasteiger partial charge is 0.329 e. The minimum absolute atomic E-state index is 0.283. The molecule has 0 bridgehead atoms. The first kappa shape index (κ1) is 15.8. The molecular formula is C14H19NO5. The number of rotatable bonds is 5. The first-order chi connectivity index (χ1) is 9.25. The van der Waals surface area contributed by atoms with E-state index in [4.69, 9.17) is 9.47 Å². The summed E-state index contributed by atoms with van der Waals surface area (Å²) in [5, 5.41) is 9.17. The minimum atomic E-state index is -1.32. The maximum atomic E-state index is 12.4. The fourth-order valence-corrected chi connectivity index (χ4v) is 1.55. The number of hydrogen-bond donors (Lipinski definition) is 1. The molecule has 0 saturated carbocycles. The van der Waals surface area contributed by atoms with Crippen LogP contribution in [0.25, 0.3) is 0 Å². The lowest BCUT2D eigenvalue weighted by atomic mass is 10.0. The minimum Gasteiger partial charge on any atom is -0.497 e. The number of carboxylic acid groups (broad SMARTS) is 1. The summed E-state index contributed by atoms with van der Waals surface area (Å²) < 4.78 is 10.2. The van der Waals surface area contributed by atoms with Crippen LogP contribution in [0.15, 0.2) is 18.2 Å². The summed E-state index contributed by atoms with van der Waals surface area (Å²) in [6, 6.07) is 4.75. The molecule has 1 aromatic rings. The van der Waals surface area contributed by atoms with Gasteiger partial charge in [0.05, 0.1) is 19.8 Å². The Labute approximate surface area is 117 Å². The fourth-order valence-electron chi connectivity index (χ4n) is 1.55. The van der Waals surface area contributed by atoms with Crippen LogP contribution in [0.1, 0.15) is 24.2 Å². The second kappa shape index (κ2) is 5.81. The topological polar surface area (TPSA) is 76.1 Å². The molecule has 0 heterocycles. The summed E-state index contributed by atoms with van der Waals surface area (Å²) in [5.41, 5.74) is -1.03. The number of benzene rings is 1. The average molecular weight is 281 g/mol. The molecule has 0 atom stereocenters. The number of ether oxygens (including phenoxy) is 2. The lowest BCUT2D eigenvalue weighted by Crippen LogP contribution is -2.50. The Bertz CT molecular complexity index is 524. The second-order valence-electron chi connectivity index (χ2n) is 4.79. The van der Waals surface area contributed by atoms with E-state index in [1.165, 1.54) is 40.0 Å². The number of likely N-dealkylation sites (N-methyl/N-ethyl adjacent to an activating group) is 1. The van der Waals surface area contributed by atoms with Crippen LogP contribution in [0.2, 0.25) is 0 Å². The van der Waals surface area contributed by atoms with Crippen molar-refractivity contribution in [3.05, 3.63) is 23.8 Å². The molecule has 0 aliphatic heterocycles. The van der Waals surface area contributed by atoms with Crippen molar-refractivity contribution >= 4 is 11.9 Å². The quantitative estimate of drug-likeness (QED) is 0.888. The van der Waals surface area contributed by atoms with Crippen molar-refractivity contribution in [1.29, 1.82) is 0 Å². The SMILES string of the molecule is COc1ccc(C(=O)N(C)C(C)(C)C(=O)O)c(OC)c1. The van der Waals surface area contributed by atoms with Gasteiger partial charge in [-0.3, -0.25) is 4.79 Å². The van der Waals surface area contributed by atoms with Gasteiger partial charge in [-0.05, 0) is 26.0 Å². The molecule has 0 unspecified atom stereocenters. The molecule has 0 radical (unpaired) electrons. The van der Waals surface area contributed by atoms with Crippen LogP contribution < -0.4 is 9.47 Å². The van der Waals surface area contributed by atoms with Gasteiger partial charge in [-0.1, -0.05) is 0 Å². The highest BCUT2D eigenvalue weighted by atomic mass is 16.5. The molecule has 1 amide bonds. The third kappa shape index (κ3) is 2.84. The van der Waals surface area contributed by atoms with E-state index in [2.05, 4.69) is 0 Å². The summed E-state index contributed by atoms with van der Waals surface area (Å²) in [6.45, 7) is 2.92. The highest BCUT2D eigenvalue weighted by Crippen LogP contribution is 2.27. The molecule has 6 nitrogen and oxygen atoms in total. The summed E-state index contributed by atoms with van der Waals surface area (Å²) in [5.74, 6) is -0.626. The average Bonchev–Trinajstić information content (AvgIpc) is 2.44. The van der Waals surface area contributed by atoms with E-state index in [-0.39, 0.29) is 5.56 Å². The summed E-state index contributed by atoms with van der Waals surface area (Å²) in [6.07, 6.45) is 0. The van der Waals surface area contributed by atoms with Crippen LogP contribution >= 0.6 is 0 Å². The highest BCUT2D eigenvalue weighted by Gasteiger charge is 2.36. The van der Waals surface area contributed by atoms with E-state index in [1.54, 1.807) is 18.2 Å². The Morgan fingerprint density at radius 2 is 1.80 bits per heavy atom. The van der Waals surface area contributed by atoms with Crippen molar-refractivity contribution < 1.29 is 24.2 Å². The summed E-state index contributed by atoms with van der Waals surface area (Å²) in [4.78, 5) is 24.8. The molecule has 1 aromatic carbocycles. The number of nitrogens with zero attached hydrogens (tertiary/aromatic N) is 1. The van der Waals surface area contributed by atoms with Gasteiger partial charge >= 0.3 is 5.97 Å². The van der Waals surface area contributed by atoms with Gasteiger partial charge in [0.1, 0.15) is 17.0 Å². The van der Waals surface area contributed by atoms with Gasteiger partial charge in [-0.2, -0.15) is 0 Å². The molecule has 20 heavy (non-hydrogen) atoms. The van der Waals surface area contributed by atoms with Crippen LogP contribution in [0.3, 0.4) is 0 Å². The number of carbonyl (C=O) groups is 2. The summed E-state index contributed by atoms with van der Waals surface area (Å²) >= 11 is 0. The van der Waals surface area contributed by atoms with Gasteiger partial charge in [-0.25, -0.2) is 4.79 Å². The number of carbonyl (C=O) groups excluding carboxylic acids is 1. The van der Waals surface area contributed by atoms with E-state index < -0.39 is 17.4 Å². The third-order valence-corrected chi connectivity index (χ3v) is 3.31. The second-order valence-corrected chi connectivity index (χ2v) is 4.79. The molecular weight excluding hydrogens is 262 g/mol. The largest absolute Gasteiger partial charge is 0.497 e. The van der Waals surface area contributed by atoms with Crippen molar-refractivity contribution in [2.75, 3.05) is 21.3 Å². The monoisotopic (exact) mass is 281 g/mol. The maximum absolute atomic E-state index is 12.4. The van der Waals surface area contributed by atoms with Crippen molar-refractivity contribution in [3.8, 4) is 11.5 Å². The van der Waals surface area contributed by atoms with Crippen molar-refractivity contribution in [1.82, 2.24) is 4.90 Å². The first-order valence-electron chi connectivity index (χ1n) is 5.99. The van der Waals surface area contributed by atoms with E-state index >= 15 is 0 Å². The fraction of sp³-hybridized carbons (Fsp3) is 0.429. The third-order valence-electron chi connectivity index (χ3n) is 3.31. The zero-order chi connectivity index (χ0) is 15.5. The molecule has 1 N–H and O–H groups in total. The van der Waals surface area contributed by atoms with Gasteiger partial charge in [-0.15, -0.1) is 0 Å². The Kier molecular flexibility index (Phi) is 4.60. The van der Waals surface area contributed by atoms with E-state index in [0.29, 0.717) is 11.5 Å². The molecule has 6 heteroatoms. The van der Waals surface area contributed by atoms with Crippen LogP contribution in [0, 0.1) is 0 Å². The Balaban J connectivity index is 3.18. The molecule has 0 aromatic heterocycles. The van der Waals surface area contributed by atoms with Crippen LogP contribution in [0.5, 0.6) is 11.5 Å². The zero-order valence-electron chi connectivity index (χ0n) is 12.3. The normalized spacial score (nSPS) is 10.8. The van der Waals surface area contributed by atoms with Crippen LogP contribution in [0.4, 0.5) is 0 Å². The van der Waals surface area contributed by atoms with E-state index in [9.17, 15) is 14.7 Å². The standard InChI is InChI=1S/C14H19NO5/c1-14(2,13(17)18)15(3)12(16)10-7-6-9(19-4)8-11(10)20-5/h6-8H,1-5H3,(H,17,18). The Morgan fingerprint density at radius 3 is 2.25 bits per heavy atom. The molecule has 0 aliphatic rings. The van der Waals surface area contributed by atoms with Crippen molar-refractivity contribution in [2.24, 2.45) is 0 Å². The number of aliphatic carboxylic acids is 1. The Hall–Kier alpha value is -2.24. The predicted molar refractivity (Wildman–Crippen MR) is 73.4 cm³/mol. The molecule has 0 fully saturated rings. The number of methoxy groups -OCH3 is 2. The first-order valence-corrected chi connectivity index (χ1v) is 5.99. The highest BCUT2D eigenvalue weighted by molar-refractivity contribution is 5.99. The van der Waals surface area contributed by atoms with Crippen molar-refractivity contribution in [2.45, 2.75) is 19.4 Å². The summed E-state index contributed by atoms with van der Waals surface area (Å²) in [7, 11) is 4.39. The van der Waals surface area contributed by atoms with Gasteiger partial charge in [0.2, 0.25) is 0 Å². The molecule has 110 valence electrons. The molecule has 0 spiro atoms. The zero-order valence-corrected chi connectivity index (χ0v) is 12.3. The number of carboxylic acids is 1. The van der Waals surface area contributed by atoms with Crippen molar-refractivity contribution in [3.63, 3.8) is 0 Å². The number of hydrogen-bond acceptors (Lipinski definition) is 4. The van der Waals surface area contributed by atoms with Crippen LogP contribution in [-0.4, -0.2) is 48.7 Å². The lowest BCUT2D eigenvalue weighted by Gasteiger charge is -2.31. The molecule has 0 saturated heterocycles. The lowest BCUT2D eigenvalue weighted by molar-refractivity contribution is -0.147. The van der Waals surface area contributed by atoms with Gasteiger partial charge in [0.15, 0.2) is 0 Å². The molecule has 1 rings (SSSR count). The maximum Gasteiger partial charge on any atom is 0.329 e. The molecule has 0 aliphatic carbocycles. The predicted octanol–water partition coefficient (Wildman–Crippen LogP) is 1.64. The number of amides is 1. The van der Waals surface area contributed by atoms with Gasteiger partial charge in [0, 0.05) is 13.1 Å². The van der Waals surface area contributed by atoms with Gasteiger partial charge in [0.25, 0.3) is 5.91 Å². The van der Waals surface area contributed by atoms with Gasteiger partial charge < -0.3 is 19.5 Å². The van der Waals surface area contributed by atoms with E-state index in [1.807, 2.05) is 0 Å². The Morgan fingerprint density at radius 1 is 1.20 bits per heavy atom. The van der Waals surface area contributed by atoms with E-state index in [0.717, 1.165) is 0 Å².